The number of imidazole rings is 1. The standard InChI is InChI=1S/C24H23N3O2/c1-16-3-13-21-22(15-16)27-23(26-21)14-6-17-4-9-19(10-5-17)25-24(28)18-7-11-20(29-2)12-8-18/h3-5,7-13,15H,6,14H2,1-2H3,(H,25,28)(H,26,27). The van der Waals surface area contributed by atoms with Crippen LogP contribution in [0.2, 0.25) is 0 Å². The Bertz CT molecular complexity index is 1130. The predicted octanol–water partition coefficient (Wildman–Crippen LogP) is 4.92. The SMILES string of the molecule is COc1ccc(C(=O)Nc2ccc(CCc3nc4ccc(C)cc4[nH]3)cc2)cc1. The number of methoxy groups -OCH3 is 1. The van der Waals surface area contributed by atoms with Gasteiger partial charge in [0.2, 0.25) is 0 Å². The average molecular weight is 385 g/mol. The molecular weight excluding hydrogens is 362 g/mol. The van der Waals surface area contributed by atoms with Gasteiger partial charge in [0.15, 0.2) is 0 Å². The smallest absolute Gasteiger partial charge is 0.255 e. The lowest BCUT2D eigenvalue weighted by atomic mass is 10.1. The number of rotatable bonds is 6. The van der Waals surface area contributed by atoms with E-state index in [9.17, 15) is 4.79 Å². The van der Waals surface area contributed by atoms with E-state index in [-0.39, 0.29) is 5.91 Å². The largest absolute Gasteiger partial charge is 0.497 e. The van der Waals surface area contributed by atoms with Crippen LogP contribution < -0.4 is 10.1 Å². The van der Waals surface area contributed by atoms with Gasteiger partial charge in [0.25, 0.3) is 5.91 Å². The molecule has 5 nitrogen and oxygen atoms in total. The molecule has 2 N–H and O–H groups in total. The first kappa shape index (κ1) is 18.7. The minimum absolute atomic E-state index is 0.141. The van der Waals surface area contributed by atoms with Gasteiger partial charge >= 0.3 is 0 Å². The van der Waals surface area contributed by atoms with Crippen LogP contribution in [0.25, 0.3) is 11.0 Å². The third kappa shape index (κ3) is 4.46. The van der Waals surface area contributed by atoms with Gasteiger partial charge in [-0.2, -0.15) is 0 Å². The van der Waals surface area contributed by atoms with Gasteiger partial charge in [-0.1, -0.05) is 18.2 Å². The van der Waals surface area contributed by atoms with E-state index >= 15 is 0 Å². The fraction of sp³-hybridized carbons (Fsp3) is 0.167. The second-order valence-electron chi connectivity index (χ2n) is 7.08. The maximum Gasteiger partial charge on any atom is 0.255 e. The van der Waals surface area contributed by atoms with Crippen molar-refractivity contribution in [3.63, 3.8) is 0 Å². The first-order valence-corrected chi connectivity index (χ1v) is 9.60. The van der Waals surface area contributed by atoms with E-state index in [1.54, 1.807) is 31.4 Å². The van der Waals surface area contributed by atoms with Crippen molar-refractivity contribution >= 4 is 22.6 Å². The lowest BCUT2D eigenvalue weighted by Crippen LogP contribution is -2.11. The van der Waals surface area contributed by atoms with Crippen LogP contribution >= 0.6 is 0 Å². The fourth-order valence-electron chi connectivity index (χ4n) is 3.26. The Labute approximate surface area is 169 Å². The van der Waals surface area contributed by atoms with Gasteiger partial charge < -0.3 is 15.0 Å². The van der Waals surface area contributed by atoms with Crippen LogP contribution in [0.5, 0.6) is 5.75 Å². The third-order valence-corrected chi connectivity index (χ3v) is 4.90. The Morgan fingerprint density at radius 1 is 1.00 bits per heavy atom. The number of ether oxygens (including phenoxy) is 1. The van der Waals surface area contributed by atoms with E-state index in [0.29, 0.717) is 5.56 Å². The summed E-state index contributed by atoms with van der Waals surface area (Å²) in [5.41, 5.74) is 5.87. The maximum absolute atomic E-state index is 12.4. The Morgan fingerprint density at radius 3 is 2.48 bits per heavy atom. The first-order valence-electron chi connectivity index (χ1n) is 9.60. The summed E-state index contributed by atoms with van der Waals surface area (Å²) in [5, 5.41) is 2.92. The van der Waals surface area contributed by atoms with E-state index < -0.39 is 0 Å². The van der Waals surface area contributed by atoms with Crippen LogP contribution in [0, 0.1) is 6.92 Å². The lowest BCUT2D eigenvalue weighted by molar-refractivity contribution is 0.102. The summed E-state index contributed by atoms with van der Waals surface area (Å²) in [5.74, 6) is 1.57. The van der Waals surface area contributed by atoms with Crippen LogP contribution in [0.3, 0.4) is 0 Å². The first-order chi connectivity index (χ1) is 14.1. The highest BCUT2D eigenvalue weighted by Crippen LogP contribution is 2.17. The highest BCUT2D eigenvalue weighted by molar-refractivity contribution is 6.04. The van der Waals surface area contributed by atoms with Crippen molar-refractivity contribution < 1.29 is 9.53 Å². The molecule has 0 saturated heterocycles. The number of carbonyl (C=O) groups excluding carboxylic acids is 1. The van der Waals surface area contributed by atoms with Gasteiger partial charge in [-0.3, -0.25) is 4.79 Å². The van der Waals surface area contributed by atoms with Gasteiger partial charge in [0, 0.05) is 17.7 Å². The van der Waals surface area contributed by atoms with Crippen LogP contribution in [-0.2, 0) is 12.8 Å². The molecule has 0 aliphatic carbocycles. The number of hydrogen-bond acceptors (Lipinski definition) is 3. The normalized spacial score (nSPS) is 10.8. The molecule has 3 aromatic carbocycles. The molecule has 0 saturated carbocycles. The molecule has 0 bridgehead atoms. The summed E-state index contributed by atoms with van der Waals surface area (Å²) in [6.07, 6.45) is 1.72. The molecule has 0 aliphatic heterocycles. The minimum Gasteiger partial charge on any atom is -0.497 e. The van der Waals surface area contributed by atoms with Gasteiger partial charge in [-0.05, 0) is 73.0 Å². The van der Waals surface area contributed by atoms with Crippen molar-refractivity contribution in [2.75, 3.05) is 12.4 Å². The monoisotopic (exact) mass is 385 g/mol. The van der Waals surface area contributed by atoms with E-state index in [1.807, 2.05) is 30.3 Å². The van der Waals surface area contributed by atoms with Crippen molar-refractivity contribution in [3.05, 3.63) is 89.2 Å². The minimum atomic E-state index is -0.141. The molecule has 0 atom stereocenters. The van der Waals surface area contributed by atoms with Gasteiger partial charge in [0.05, 0.1) is 18.1 Å². The molecule has 0 aliphatic rings. The van der Waals surface area contributed by atoms with Crippen LogP contribution in [0.15, 0.2) is 66.7 Å². The predicted molar refractivity (Wildman–Crippen MR) is 116 cm³/mol. The maximum atomic E-state index is 12.4. The molecule has 0 radical (unpaired) electrons. The van der Waals surface area contributed by atoms with Crippen LogP contribution in [0.4, 0.5) is 5.69 Å². The van der Waals surface area contributed by atoms with Gasteiger partial charge in [-0.25, -0.2) is 4.98 Å². The zero-order chi connectivity index (χ0) is 20.2. The number of fused-ring (bicyclic) bond motifs is 1. The molecule has 146 valence electrons. The molecule has 29 heavy (non-hydrogen) atoms. The molecule has 5 heteroatoms. The number of benzene rings is 3. The lowest BCUT2D eigenvalue weighted by Gasteiger charge is -2.07. The van der Waals surface area contributed by atoms with Crippen molar-refractivity contribution in [2.24, 2.45) is 0 Å². The van der Waals surface area contributed by atoms with Gasteiger partial charge in [0.1, 0.15) is 11.6 Å². The van der Waals surface area contributed by atoms with Crippen LogP contribution in [-0.4, -0.2) is 23.0 Å². The molecule has 1 heterocycles. The Kier molecular flexibility index (Phi) is 5.29. The zero-order valence-electron chi connectivity index (χ0n) is 16.5. The number of amides is 1. The number of carbonyl (C=O) groups is 1. The molecule has 1 amide bonds. The topological polar surface area (TPSA) is 67.0 Å². The number of anilines is 1. The van der Waals surface area contributed by atoms with E-state index in [2.05, 4.69) is 34.3 Å². The number of H-pyrrole nitrogens is 1. The summed E-state index contributed by atoms with van der Waals surface area (Å²) < 4.78 is 5.12. The summed E-state index contributed by atoms with van der Waals surface area (Å²) >= 11 is 0. The number of aryl methyl sites for hydroxylation is 3. The summed E-state index contributed by atoms with van der Waals surface area (Å²) in [7, 11) is 1.60. The van der Waals surface area contributed by atoms with Crippen molar-refractivity contribution in [1.82, 2.24) is 9.97 Å². The Balaban J connectivity index is 1.36. The average Bonchev–Trinajstić information content (AvgIpc) is 3.15. The zero-order valence-corrected chi connectivity index (χ0v) is 16.5. The summed E-state index contributed by atoms with van der Waals surface area (Å²) in [6, 6.07) is 21.2. The summed E-state index contributed by atoms with van der Waals surface area (Å²) in [4.78, 5) is 20.4. The molecular formula is C24H23N3O2. The van der Waals surface area contributed by atoms with E-state index in [4.69, 9.17) is 4.74 Å². The molecule has 1 aromatic heterocycles. The fourth-order valence-corrected chi connectivity index (χ4v) is 3.26. The quantitative estimate of drug-likeness (QED) is 0.495. The van der Waals surface area contributed by atoms with Crippen molar-refractivity contribution in [1.29, 1.82) is 0 Å². The number of hydrogen-bond donors (Lipinski definition) is 2. The molecule has 4 rings (SSSR count). The van der Waals surface area contributed by atoms with Crippen LogP contribution in [0.1, 0.15) is 27.3 Å². The number of aromatic nitrogens is 2. The molecule has 0 fully saturated rings. The molecule has 0 spiro atoms. The van der Waals surface area contributed by atoms with E-state index in [1.165, 1.54) is 11.1 Å². The second kappa shape index (κ2) is 8.19. The molecule has 0 unspecified atom stereocenters. The highest BCUT2D eigenvalue weighted by Gasteiger charge is 2.07. The molecule has 4 aromatic rings. The van der Waals surface area contributed by atoms with Gasteiger partial charge in [-0.15, -0.1) is 0 Å². The third-order valence-electron chi connectivity index (χ3n) is 4.90. The van der Waals surface area contributed by atoms with Crippen molar-refractivity contribution in [3.8, 4) is 5.75 Å². The number of nitrogens with zero attached hydrogens (tertiary/aromatic N) is 1. The Hall–Kier alpha value is -3.60. The number of aromatic amines is 1. The van der Waals surface area contributed by atoms with E-state index in [0.717, 1.165) is 41.1 Å². The highest BCUT2D eigenvalue weighted by atomic mass is 16.5. The number of nitrogens with one attached hydrogen (secondary N) is 2. The second-order valence-corrected chi connectivity index (χ2v) is 7.08. The summed E-state index contributed by atoms with van der Waals surface area (Å²) in [6.45, 7) is 2.08. The van der Waals surface area contributed by atoms with Crippen molar-refractivity contribution in [2.45, 2.75) is 19.8 Å². The Morgan fingerprint density at radius 2 is 1.76 bits per heavy atom.